The van der Waals surface area contributed by atoms with Crippen LogP contribution in [0.5, 0.6) is 5.75 Å². The second-order valence-corrected chi connectivity index (χ2v) is 4.34. The zero-order valence-corrected chi connectivity index (χ0v) is 11.1. The Hall–Kier alpha value is -2.13. The van der Waals surface area contributed by atoms with E-state index in [0.717, 1.165) is 11.1 Å². The first kappa shape index (κ1) is 13.3. The van der Waals surface area contributed by atoms with Gasteiger partial charge in [0.25, 0.3) is 0 Å². The fourth-order valence-electron chi connectivity index (χ4n) is 1.80. The van der Waals surface area contributed by atoms with E-state index in [9.17, 15) is 4.79 Å². The molecule has 2 rings (SSSR count). The van der Waals surface area contributed by atoms with Crippen molar-refractivity contribution >= 4 is 5.97 Å². The highest BCUT2D eigenvalue weighted by atomic mass is 16.5. The molecule has 0 aliphatic heterocycles. The van der Waals surface area contributed by atoms with Crippen LogP contribution in [0.25, 0.3) is 0 Å². The molecule has 3 heteroatoms. The molecule has 0 spiro atoms. The number of ether oxygens (including phenoxy) is 2. The topological polar surface area (TPSA) is 35.5 Å². The fraction of sp³-hybridized carbons (Fsp3) is 0.188. The third-order valence-electron chi connectivity index (χ3n) is 2.67. The summed E-state index contributed by atoms with van der Waals surface area (Å²) in [5.74, 6) is 0.200. The van der Waals surface area contributed by atoms with E-state index in [-0.39, 0.29) is 5.97 Å². The summed E-state index contributed by atoms with van der Waals surface area (Å²) >= 11 is 0. The fourth-order valence-corrected chi connectivity index (χ4v) is 1.80. The summed E-state index contributed by atoms with van der Waals surface area (Å²) < 4.78 is 10.4. The molecule has 0 saturated heterocycles. The Labute approximate surface area is 112 Å². The van der Waals surface area contributed by atoms with Crippen molar-refractivity contribution in [2.75, 3.05) is 7.11 Å². The van der Waals surface area contributed by atoms with Gasteiger partial charge in [0.2, 0.25) is 0 Å². The third kappa shape index (κ3) is 3.66. The summed E-state index contributed by atoms with van der Waals surface area (Å²) in [7, 11) is 1.62. The van der Waals surface area contributed by atoms with E-state index in [0.29, 0.717) is 17.9 Å². The van der Waals surface area contributed by atoms with Crippen LogP contribution in [0, 0.1) is 6.92 Å². The highest BCUT2D eigenvalue weighted by molar-refractivity contribution is 5.91. The smallest absolute Gasteiger partial charge is 0.343 e. The van der Waals surface area contributed by atoms with Crippen molar-refractivity contribution in [2.45, 2.75) is 13.5 Å². The summed E-state index contributed by atoms with van der Waals surface area (Å²) in [6, 6.07) is 14.7. The number of hydrogen-bond acceptors (Lipinski definition) is 3. The van der Waals surface area contributed by atoms with Crippen molar-refractivity contribution in [2.24, 2.45) is 0 Å². The molecule has 98 valence electrons. The van der Waals surface area contributed by atoms with Crippen LogP contribution < -0.4 is 4.74 Å². The number of carbonyl (C=O) groups excluding carboxylic acids is 1. The van der Waals surface area contributed by atoms with Crippen molar-refractivity contribution < 1.29 is 14.3 Å². The summed E-state index contributed by atoms with van der Waals surface area (Å²) in [4.78, 5) is 12.0. The van der Waals surface area contributed by atoms with Crippen LogP contribution in [0.4, 0.5) is 0 Å². The van der Waals surface area contributed by atoms with Crippen molar-refractivity contribution in [1.82, 2.24) is 0 Å². The monoisotopic (exact) mass is 256 g/mol. The second kappa shape index (κ2) is 6.16. The van der Waals surface area contributed by atoms with Gasteiger partial charge < -0.3 is 9.47 Å². The summed E-state index contributed by atoms with van der Waals surface area (Å²) in [5, 5.41) is 0. The van der Waals surface area contributed by atoms with Gasteiger partial charge in [-0.2, -0.15) is 0 Å². The molecule has 0 amide bonds. The standard InChI is InChI=1S/C16H16O3/c1-12-5-3-8-15(9-12)19-16(17)14-7-4-6-13(10-14)11-18-2/h3-10H,11H2,1-2H3. The average Bonchev–Trinajstić information content (AvgIpc) is 2.39. The van der Waals surface area contributed by atoms with Gasteiger partial charge in [-0.05, 0) is 42.3 Å². The van der Waals surface area contributed by atoms with E-state index < -0.39 is 0 Å². The molecular formula is C16H16O3. The first-order chi connectivity index (χ1) is 9.19. The van der Waals surface area contributed by atoms with Crippen LogP contribution in [0.1, 0.15) is 21.5 Å². The van der Waals surface area contributed by atoms with Gasteiger partial charge in [0, 0.05) is 7.11 Å². The molecule has 0 bridgehead atoms. The summed E-state index contributed by atoms with van der Waals surface area (Å²) in [6.07, 6.45) is 0. The van der Waals surface area contributed by atoms with Gasteiger partial charge in [0.15, 0.2) is 0 Å². The quantitative estimate of drug-likeness (QED) is 0.621. The van der Waals surface area contributed by atoms with E-state index in [1.165, 1.54) is 0 Å². The van der Waals surface area contributed by atoms with E-state index in [4.69, 9.17) is 9.47 Å². The molecule has 0 radical (unpaired) electrons. The first-order valence-electron chi connectivity index (χ1n) is 6.06. The lowest BCUT2D eigenvalue weighted by atomic mass is 10.1. The zero-order chi connectivity index (χ0) is 13.7. The molecule has 0 fully saturated rings. The number of benzene rings is 2. The molecule has 0 aliphatic rings. The average molecular weight is 256 g/mol. The Morgan fingerprint density at radius 2 is 1.89 bits per heavy atom. The Morgan fingerprint density at radius 1 is 1.11 bits per heavy atom. The maximum Gasteiger partial charge on any atom is 0.343 e. The van der Waals surface area contributed by atoms with Crippen LogP contribution >= 0.6 is 0 Å². The van der Waals surface area contributed by atoms with Crippen LogP contribution in [-0.2, 0) is 11.3 Å². The maximum absolute atomic E-state index is 12.0. The Kier molecular flexibility index (Phi) is 4.31. The minimum Gasteiger partial charge on any atom is -0.423 e. The summed E-state index contributed by atoms with van der Waals surface area (Å²) in [5.41, 5.74) is 2.52. The normalized spacial score (nSPS) is 10.2. The van der Waals surface area contributed by atoms with Gasteiger partial charge >= 0.3 is 5.97 Å². The lowest BCUT2D eigenvalue weighted by Gasteiger charge is -2.06. The Morgan fingerprint density at radius 3 is 2.63 bits per heavy atom. The second-order valence-electron chi connectivity index (χ2n) is 4.34. The predicted molar refractivity (Wildman–Crippen MR) is 73.3 cm³/mol. The van der Waals surface area contributed by atoms with Crippen LogP contribution in [0.3, 0.4) is 0 Å². The molecule has 0 aliphatic carbocycles. The highest BCUT2D eigenvalue weighted by Gasteiger charge is 2.09. The molecule has 0 N–H and O–H groups in total. The Bertz CT molecular complexity index is 576. The molecule has 0 aromatic heterocycles. The third-order valence-corrected chi connectivity index (χ3v) is 2.67. The van der Waals surface area contributed by atoms with Crippen LogP contribution in [0.15, 0.2) is 48.5 Å². The molecule has 0 saturated carbocycles. The molecule has 0 heterocycles. The largest absolute Gasteiger partial charge is 0.423 e. The minimum absolute atomic E-state index is 0.358. The number of hydrogen-bond donors (Lipinski definition) is 0. The van der Waals surface area contributed by atoms with Gasteiger partial charge in [0.1, 0.15) is 5.75 Å². The molecule has 0 unspecified atom stereocenters. The van der Waals surface area contributed by atoms with E-state index in [1.807, 2.05) is 37.3 Å². The molecule has 2 aromatic carbocycles. The van der Waals surface area contributed by atoms with Crippen LogP contribution in [-0.4, -0.2) is 13.1 Å². The van der Waals surface area contributed by atoms with Crippen molar-refractivity contribution in [3.63, 3.8) is 0 Å². The molecular weight excluding hydrogens is 240 g/mol. The van der Waals surface area contributed by atoms with Gasteiger partial charge in [-0.25, -0.2) is 4.79 Å². The minimum atomic E-state index is -0.358. The maximum atomic E-state index is 12.0. The molecule has 0 atom stereocenters. The number of rotatable bonds is 4. The number of aryl methyl sites for hydroxylation is 1. The van der Waals surface area contributed by atoms with Gasteiger partial charge in [-0.15, -0.1) is 0 Å². The van der Waals surface area contributed by atoms with E-state index in [1.54, 1.807) is 25.3 Å². The van der Waals surface area contributed by atoms with Gasteiger partial charge in [-0.1, -0.05) is 24.3 Å². The van der Waals surface area contributed by atoms with E-state index >= 15 is 0 Å². The number of esters is 1. The lowest BCUT2D eigenvalue weighted by molar-refractivity contribution is 0.0734. The van der Waals surface area contributed by atoms with Crippen molar-refractivity contribution in [3.05, 3.63) is 65.2 Å². The molecule has 19 heavy (non-hydrogen) atoms. The molecule has 2 aromatic rings. The SMILES string of the molecule is COCc1cccc(C(=O)Oc2cccc(C)c2)c1. The Balaban J connectivity index is 2.13. The van der Waals surface area contributed by atoms with Crippen LogP contribution in [0.2, 0.25) is 0 Å². The zero-order valence-electron chi connectivity index (χ0n) is 11.1. The van der Waals surface area contributed by atoms with Crippen molar-refractivity contribution in [1.29, 1.82) is 0 Å². The molecule has 3 nitrogen and oxygen atoms in total. The summed E-state index contributed by atoms with van der Waals surface area (Å²) in [6.45, 7) is 2.43. The number of methoxy groups -OCH3 is 1. The van der Waals surface area contributed by atoms with Gasteiger partial charge in [-0.3, -0.25) is 0 Å². The van der Waals surface area contributed by atoms with Gasteiger partial charge in [0.05, 0.1) is 12.2 Å². The number of carbonyl (C=O) groups is 1. The first-order valence-corrected chi connectivity index (χ1v) is 6.06. The van der Waals surface area contributed by atoms with E-state index in [2.05, 4.69) is 0 Å². The predicted octanol–water partition coefficient (Wildman–Crippen LogP) is 3.36. The highest BCUT2D eigenvalue weighted by Crippen LogP contribution is 2.15. The lowest BCUT2D eigenvalue weighted by Crippen LogP contribution is -2.09. The van der Waals surface area contributed by atoms with Crippen molar-refractivity contribution in [3.8, 4) is 5.75 Å².